The minimum absolute atomic E-state index is 0. The highest BCUT2D eigenvalue weighted by Crippen LogP contribution is 2.36. The van der Waals surface area contributed by atoms with E-state index in [-0.39, 0.29) is 36.0 Å². The number of benzene rings is 1. The van der Waals surface area contributed by atoms with Crippen molar-refractivity contribution < 1.29 is 33.1 Å². The van der Waals surface area contributed by atoms with Crippen molar-refractivity contribution in [1.29, 1.82) is 0 Å². The zero-order valence-electron chi connectivity index (χ0n) is 13.9. The maximum absolute atomic E-state index is 12.4. The fourth-order valence-corrected chi connectivity index (χ4v) is 2.81. The number of carboxylic acid groups (broad SMARTS) is 1. The summed E-state index contributed by atoms with van der Waals surface area (Å²) in [5.74, 6) is -1.69. The van der Waals surface area contributed by atoms with Crippen LogP contribution in [-0.4, -0.2) is 47.7 Å². The van der Waals surface area contributed by atoms with Crippen LogP contribution in [0.5, 0.6) is 11.5 Å². The van der Waals surface area contributed by atoms with Crippen molar-refractivity contribution >= 4 is 24.1 Å². The Morgan fingerprint density at radius 3 is 2.46 bits per heavy atom. The molecule has 11 heteroatoms. The van der Waals surface area contributed by atoms with E-state index in [4.69, 9.17) is 9.84 Å². The van der Waals surface area contributed by atoms with Crippen LogP contribution in [0.1, 0.15) is 18.4 Å². The van der Waals surface area contributed by atoms with Crippen LogP contribution >= 0.6 is 12.4 Å². The lowest BCUT2D eigenvalue weighted by atomic mass is 9.96. The van der Waals surface area contributed by atoms with E-state index in [9.17, 15) is 23.7 Å². The van der Waals surface area contributed by atoms with E-state index < -0.39 is 29.2 Å². The molecule has 0 spiro atoms. The van der Waals surface area contributed by atoms with E-state index in [0.29, 0.717) is 25.9 Å². The second-order valence-corrected chi connectivity index (χ2v) is 5.66. The molecule has 0 aliphatic carbocycles. The van der Waals surface area contributed by atoms with Gasteiger partial charge in [0.05, 0.1) is 24.0 Å². The third-order valence-corrected chi connectivity index (χ3v) is 4.11. The van der Waals surface area contributed by atoms with Gasteiger partial charge in [0.15, 0.2) is 11.5 Å². The van der Waals surface area contributed by atoms with Gasteiger partial charge in [0.2, 0.25) is 0 Å². The topological polar surface area (TPSA) is 102 Å². The number of piperidine rings is 1. The molecule has 1 aliphatic heterocycles. The van der Waals surface area contributed by atoms with Crippen molar-refractivity contribution in [2.75, 3.05) is 20.2 Å². The Morgan fingerprint density at radius 2 is 2.00 bits per heavy atom. The molecule has 146 valence electrons. The number of halogens is 3. The van der Waals surface area contributed by atoms with Gasteiger partial charge in [-0.25, -0.2) is 0 Å². The highest BCUT2D eigenvalue weighted by Gasteiger charge is 2.27. The van der Waals surface area contributed by atoms with Gasteiger partial charge in [-0.15, -0.1) is 12.4 Å². The van der Waals surface area contributed by atoms with Gasteiger partial charge in [0.25, 0.3) is 5.69 Å². The molecule has 1 N–H and O–H groups in total. The number of aliphatic carboxylic acids is 1. The van der Waals surface area contributed by atoms with Gasteiger partial charge in [-0.05, 0) is 32.0 Å². The Hall–Kier alpha value is -2.20. The van der Waals surface area contributed by atoms with Crippen LogP contribution < -0.4 is 9.47 Å². The van der Waals surface area contributed by atoms with E-state index in [0.717, 1.165) is 6.07 Å². The fourth-order valence-electron chi connectivity index (χ4n) is 2.81. The number of alkyl halides is 2. The van der Waals surface area contributed by atoms with Gasteiger partial charge in [0.1, 0.15) is 0 Å². The van der Waals surface area contributed by atoms with Crippen molar-refractivity contribution in [3.63, 3.8) is 0 Å². The third kappa shape index (κ3) is 5.40. The second-order valence-electron chi connectivity index (χ2n) is 5.66. The molecule has 1 heterocycles. The Balaban J connectivity index is 0.00000338. The van der Waals surface area contributed by atoms with Crippen molar-refractivity contribution in [2.45, 2.75) is 26.0 Å². The van der Waals surface area contributed by atoms with Gasteiger partial charge in [-0.1, -0.05) is 0 Å². The highest BCUT2D eigenvalue weighted by atomic mass is 35.5. The molecule has 0 unspecified atom stereocenters. The number of nitrogens with zero attached hydrogens (tertiary/aromatic N) is 2. The average Bonchev–Trinajstić information content (AvgIpc) is 2.55. The molecule has 0 bridgehead atoms. The number of hydrogen-bond donors (Lipinski definition) is 1. The lowest BCUT2D eigenvalue weighted by Crippen LogP contribution is -2.36. The molecule has 0 amide bonds. The van der Waals surface area contributed by atoms with Crippen LogP contribution in [0.4, 0.5) is 14.5 Å². The standard InChI is InChI=1S/C15H18F2N2O6.ClH/c1-24-12-6-10(8-18-4-2-9(3-5-18)14(20)21)11(19(22)23)7-13(12)25-15(16)17;/h6-7,9,15H,2-5,8H2,1H3,(H,20,21);1H. The molecule has 26 heavy (non-hydrogen) atoms. The monoisotopic (exact) mass is 396 g/mol. The lowest BCUT2D eigenvalue weighted by Gasteiger charge is -2.30. The second kappa shape index (κ2) is 9.48. The zero-order valence-corrected chi connectivity index (χ0v) is 14.7. The number of carbonyl (C=O) groups is 1. The normalized spacial score (nSPS) is 15.4. The summed E-state index contributed by atoms with van der Waals surface area (Å²) < 4.78 is 34.1. The van der Waals surface area contributed by atoms with E-state index in [1.807, 2.05) is 4.90 Å². The number of nitro benzene ring substituents is 1. The molecule has 0 radical (unpaired) electrons. The quantitative estimate of drug-likeness (QED) is 0.558. The van der Waals surface area contributed by atoms with Gasteiger partial charge in [-0.3, -0.25) is 19.8 Å². The predicted molar refractivity (Wildman–Crippen MR) is 89.2 cm³/mol. The van der Waals surface area contributed by atoms with E-state index in [1.165, 1.54) is 13.2 Å². The summed E-state index contributed by atoms with van der Waals surface area (Å²) in [4.78, 5) is 23.5. The van der Waals surface area contributed by atoms with Crippen LogP contribution in [0, 0.1) is 16.0 Å². The number of ether oxygens (including phenoxy) is 2. The number of likely N-dealkylation sites (tertiary alicyclic amines) is 1. The van der Waals surface area contributed by atoms with E-state index in [1.54, 1.807) is 0 Å². The molecule has 0 aromatic heterocycles. The van der Waals surface area contributed by atoms with Gasteiger partial charge < -0.3 is 14.6 Å². The first-order valence-electron chi connectivity index (χ1n) is 7.57. The largest absolute Gasteiger partial charge is 0.493 e. The van der Waals surface area contributed by atoms with Crippen LogP contribution in [0.15, 0.2) is 12.1 Å². The molecule has 1 saturated heterocycles. The minimum atomic E-state index is -3.13. The number of carboxylic acids is 1. The summed E-state index contributed by atoms with van der Waals surface area (Å²) in [6.45, 7) is -1.99. The number of hydrogen-bond acceptors (Lipinski definition) is 6. The minimum Gasteiger partial charge on any atom is -0.493 e. The highest BCUT2D eigenvalue weighted by molar-refractivity contribution is 5.85. The predicted octanol–water partition coefficient (Wildman–Crippen LogP) is 2.92. The molecule has 1 aromatic rings. The molecule has 0 saturated carbocycles. The SMILES string of the molecule is COc1cc(CN2CCC(C(=O)O)CC2)c([N+](=O)[O-])cc1OC(F)F.Cl. The van der Waals surface area contributed by atoms with E-state index >= 15 is 0 Å². The summed E-state index contributed by atoms with van der Waals surface area (Å²) in [5.41, 5.74) is -0.0611. The van der Waals surface area contributed by atoms with Gasteiger partial charge in [0, 0.05) is 12.1 Å². The maximum Gasteiger partial charge on any atom is 0.387 e. The third-order valence-electron chi connectivity index (χ3n) is 4.11. The molecular formula is C15H19ClF2N2O6. The first-order valence-corrected chi connectivity index (χ1v) is 7.57. The average molecular weight is 397 g/mol. The Morgan fingerprint density at radius 1 is 1.38 bits per heavy atom. The van der Waals surface area contributed by atoms with Crippen molar-refractivity contribution in [3.05, 3.63) is 27.8 Å². The molecule has 1 aromatic carbocycles. The maximum atomic E-state index is 12.4. The van der Waals surface area contributed by atoms with Crippen molar-refractivity contribution in [1.82, 2.24) is 4.90 Å². The molecule has 2 rings (SSSR count). The van der Waals surface area contributed by atoms with Crippen LogP contribution in [0.25, 0.3) is 0 Å². The smallest absolute Gasteiger partial charge is 0.387 e. The number of rotatable bonds is 7. The lowest BCUT2D eigenvalue weighted by molar-refractivity contribution is -0.385. The number of nitro groups is 1. The first kappa shape index (κ1) is 21.8. The van der Waals surface area contributed by atoms with Crippen molar-refractivity contribution in [2.24, 2.45) is 5.92 Å². The van der Waals surface area contributed by atoms with Crippen molar-refractivity contribution in [3.8, 4) is 11.5 Å². The van der Waals surface area contributed by atoms with Gasteiger partial charge >= 0.3 is 12.6 Å². The summed E-state index contributed by atoms with van der Waals surface area (Å²) in [6.07, 6.45) is 0.902. The van der Waals surface area contributed by atoms with Gasteiger partial charge in [-0.2, -0.15) is 8.78 Å². The zero-order chi connectivity index (χ0) is 18.6. The Labute approximate surface area is 154 Å². The summed E-state index contributed by atoms with van der Waals surface area (Å²) in [5, 5.41) is 20.3. The summed E-state index contributed by atoms with van der Waals surface area (Å²) in [7, 11) is 1.25. The molecule has 0 atom stereocenters. The molecule has 1 aliphatic rings. The van der Waals surface area contributed by atoms with Crippen LogP contribution in [0.3, 0.4) is 0 Å². The van der Waals surface area contributed by atoms with E-state index in [2.05, 4.69) is 4.74 Å². The molecule has 8 nitrogen and oxygen atoms in total. The van der Waals surface area contributed by atoms with Crippen LogP contribution in [0.2, 0.25) is 0 Å². The Bertz CT molecular complexity index is 653. The summed E-state index contributed by atoms with van der Waals surface area (Å²) in [6, 6.07) is 2.23. The molecular weight excluding hydrogens is 378 g/mol. The van der Waals surface area contributed by atoms with Crippen LogP contribution in [-0.2, 0) is 11.3 Å². The summed E-state index contributed by atoms with van der Waals surface area (Å²) >= 11 is 0. The fraction of sp³-hybridized carbons (Fsp3) is 0.533. The molecule has 1 fully saturated rings. The Kier molecular flexibility index (Phi) is 7.97. The number of methoxy groups -OCH3 is 1. The first-order chi connectivity index (χ1) is 11.8.